The van der Waals surface area contributed by atoms with Crippen molar-refractivity contribution in [3.8, 4) is 17.2 Å². The van der Waals surface area contributed by atoms with Gasteiger partial charge in [0.15, 0.2) is 11.5 Å². The molecule has 0 spiro atoms. The first-order valence-electron chi connectivity index (χ1n) is 8.13. The molecule has 1 amide bonds. The third-order valence-corrected chi connectivity index (χ3v) is 3.63. The number of allylic oxidation sites excluding steroid dienone is 1. The number of hydrogen-bond acceptors (Lipinski definition) is 4. The number of carbonyl (C=O) groups is 1. The van der Waals surface area contributed by atoms with Crippen LogP contribution in [0.4, 0.5) is 5.69 Å². The molecule has 0 radical (unpaired) electrons. The third-order valence-electron chi connectivity index (χ3n) is 3.63. The Kier molecular flexibility index (Phi) is 6.85. The SMILES string of the molecule is C/C=C/C(=O)Nc1cccc(/C=C\c2cc(OC)c(OC)c(OC)c2)c1. The van der Waals surface area contributed by atoms with Crippen molar-refractivity contribution >= 4 is 23.7 Å². The zero-order valence-corrected chi connectivity index (χ0v) is 15.4. The van der Waals surface area contributed by atoms with Crippen molar-refractivity contribution in [3.63, 3.8) is 0 Å². The minimum Gasteiger partial charge on any atom is -0.493 e. The molecule has 0 atom stereocenters. The number of ether oxygens (including phenoxy) is 3. The molecule has 5 nitrogen and oxygen atoms in total. The lowest BCUT2D eigenvalue weighted by molar-refractivity contribution is -0.111. The number of amides is 1. The van der Waals surface area contributed by atoms with Crippen molar-refractivity contribution in [2.75, 3.05) is 26.6 Å². The number of methoxy groups -OCH3 is 3. The highest BCUT2D eigenvalue weighted by molar-refractivity contribution is 5.99. The molecule has 0 saturated heterocycles. The first-order chi connectivity index (χ1) is 12.6. The Labute approximate surface area is 153 Å². The molecule has 0 aliphatic rings. The quantitative estimate of drug-likeness (QED) is 0.592. The smallest absolute Gasteiger partial charge is 0.248 e. The van der Waals surface area contributed by atoms with Gasteiger partial charge in [0.05, 0.1) is 21.3 Å². The molecule has 0 heterocycles. The number of carbonyl (C=O) groups excluding carboxylic acids is 1. The maximum atomic E-state index is 11.6. The van der Waals surface area contributed by atoms with Gasteiger partial charge in [-0.1, -0.05) is 30.4 Å². The summed E-state index contributed by atoms with van der Waals surface area (Å²) in [5.41, 5.74) is 2.60. The minimum absolute atomic E-state index is 0.154. The van der Waals surface area contributed by atoms with Crippen molar-refractivity contribution in [1.82, 2.24) is 0 Å². The molecule has 5 heteroatoms. The van der Waals surface area contributed by atoms with Crippen molar-refractivity contribution in [2.45, 2.75) is 6.92 Å². The van der Waals surface area contributed by atoms with Gasteiger partial charge in [0.2, 0.25) is 11.7 Å². The Morgan fingerprint density at radius 3 is 2.15 bits per heavy atom. The minimum atomic E-state index is -0.154. The van der Waals surface area contributed by atoms with Gasteiger partial charge in [-0.3, -0.25) is 4.79 Å². The molecule has 0 saturated carbocycles. The van der Waals surface area contributed by atoms with Gasteiger partial charge in [0.25, 0.3) is 0 Å². The molecule has 136 valence electrons. The number of nitrogens with one attached hydrogen (secondary N) is 1. The Morgan fingerprint density at radius 2 is 1.58 bits per heavy atom. The average Bonchev–Trinajstić information content (AvgIpc) is 2.65. The van der Waals surface area contributed by atoms with Gasteiger partial charge >= 0.3 is 0 Å². The molecule has 26 heavy (non-hydrogen) atoms. The zero-order chi connectivity index (χ0) is 18.9. The zero-order valence-electron chi connectivity index (χ0n) is 15.4. The summed E-state index contributed by atoms with van der Waals surface area (Å²) < 4.78 is 16.1. The molecule has 0 aliphatic heterocycles. The van der Waals surface area contributed by atoms with Crippen LogP contribution in [0.1, 0.15) is 18.1 Å². The predicted octanol–water partition coefficient (Wildman–Crippen LogP) is 4.40. The van der Waals surface area contributed by atoms with Gasteiger partial charge in [0, 0.05) is 5.69 Å². The van der Waals surface area contributed by atoms with Crippen LogP contribution < -0.4 is 19.5 Å². The van der Waals surface area contributed by atoms with E-state index in [1.165, 1.54) is 6.08 Å². The van der Waals surface area contributed by atoms with Gasteiger partial charge < -0.3 is 19.5 Å². The van der Waals surface area contributed by atoms with E-state index in [4.69, 9.17) is 14.2 Å². The van der Waals surface area contributed by atoms with E-state index in [0.717, 1.165) is 16.8 Å². The maximum Gasteiger partial charge on any atom is 0.248 e. The fraction of sp³-hybridized carbons (Fsp3) is 0.190. The molecule has 0 bridgehead atoms. The molecule has 0 aromatic heterocycles. The summed E-state index contributed by atoms with van der Waals surface area (Å²) in [4.78, 5) is 11.6. The summed E-state index contributed by atoms with van der Waals surface area (Å²) in [5.74, 6) is 1.59. The summed E-state index contributed by atoms with van der Waals surface area (Å²) >= 11 is 0. The highest BCUT2D eigenvalue weighted by Crippen LogP contribution is 2.38. The monoisotopic (exact) mass is 353 g/mol. The van der Waals surface area contributed by atoms with Crippen LogP contribution in [-0.4, -0.2) is 27.2 Å². The topological polar surface area (TPSA) is 56.8 Å². The van der Waals surface area contributed by atoms with E-state index < -0.39 is 0 Å². The molecular formula is C21H23NO4. The molecular weight excluding hydrogens is 330 g/mol. The van der Waals surface area contributed by atoms with Crippen LogP contribution in [-0.2, 0) is 4.79 Å². The van der Waals surface area contributed by atoms with E-state index >= 15 is 0 Å². The molecule has 2 aromatic rings. The van der Waals surface area contributed by atoms with Gasteiger partial charge in [-0.25, -0.2) is 0 Å². The predicted molar refractivity (Wildman–Crippen MR) is 105 cm³/mol. The van der Waals surface area contributed by atoms with Crippen LogP contribution in [0.15, 0.2) is 48.6 Å². The Morgan fingerprint density at radius 1 is 0.923 bits per heavy atom. The van der Waals surface area contributed by atoms with Crippen molar-refractivity contribution in [1.29, 1.82) is 0 Å². The first-order valence-corrected chi connectivity index (χ1v) is 8.13. The first kappa shape index (κ1) is 19.1. The second-order valence-corrected chi connectivity index (χ2v) is 5.41. The Balaban J connectivity index is 2.25. The van der Waals surface area contributed by atoms with Crippen molar-refractivity contribution in [3.05, 3.63) is 59.7 Å². The second kappa shape index (κ2) is 9.32. The molecule has 0 fully saturated rings. The summed E-state index contributed by atoms with van der Waals surface area (Å²) in [6.45, 7) is 1.80. The summed E-state index contributed by atoms with van der Waals surface area (Å²) in [6, 6.07) is 11.3. The fourth-order valence-electron chi connectivity index (χ4n) is 2.45. The average molecular weight is 353 g/mol. The molecule has 0 unspecified atom stereocenters. The van der Waals surface area contributed by atoms with Gasteiger partial charge in [-0.05, 0) is 48.4 Å². The van der Waals surface area contributed by atoms with Crippen molar-refractivity contribution in [2.24, 2.45) is 0 Å². The Bertz CT molecular complexity index is 800. The van der Waals surface area contributed by atoms with Crippen LogP contribution in [0.3, 0.4) is 0 Å². The second-order valence-electron chi connectivity index (χ2n) is 5.41. The van der Waals surface area contributed by atoms with Crippen molar-refractivity contribution < 1.29 is 19.0 Å². The number of benzene rings is 2. The molecule has 2 aromatic carbocycles. The van der Waals surface area contributed by atoms with Crippen LogP contribution in [0, 0.1) is 0 Å². The lowest BCUT2D eigenvalue weighted by Crippen LogP contribution is -2.07. The molecule has 0 aliphatic carbocycles. The lowest BCUT2D eigenvalue weighted by atomic mass is 10.1. The highest BCUT2D eigenvalue weighted by atomic mass is 16.5. The van der Waals surface area contributed by atoms with Crippen LogP contribution in [0.2, 0.25) is 0 Å². The van der Waals surface area contributed by atoms with Gasteiger partial charge in [-0.15, -0.1) is 0 Å². The highest BCUT2D eigenvalue weighted by Gasteiger charge is 2.11. The van der Waals surface area contributed by atoms with E-state index in [1.54, 1.807) is 34.3 Å². The third kappa shape index (κ3) is 4.89. The van der Waals surface area contributed by atoms with Crippen LogP contribution in [0.5, 0.6) is 17.2 Å². The summed E-state index contributed by atoms with van der Waals surface area (Å²) in [6.07, 6.45) is 7.07. The van der Waals surface area contributed by atoms with Crippen LogP contribution in [0.25, 0.3) is 12.2 Å². The normalized spacial score (nSPS) is 10.9. The van der Waals surface area contributed by atoms with E-state index in [2.05, 4.69) is 5.32 Å². The van der Waals surface area contributed by atoms with Gasteiger partial charge in [-0.2, -0.15) is 0 Å². The number of rotatable bonds is 7. The maximum absolute atomic E-state index is 11.6. The summed E-state index contributed by atoms with van der Waals surface area (Å²) in [5, 5.41) is 2.82. The van der Waals surface area contributed by atoms with E-state index in [1.807, 2.05) is 48.6 Å². The van der Waals surface area contributed by atoms with E-state index in [0.29, 0.717) is 17.2 Å². The van der Waals surface area contributed by atoms with E-state index in [-0.39, 0.29) is 5.91 Å². The van der Waals surface area contributed by atoms with Crippen LogP contribution >= 0.6 is 0 Å². The fourth-order valence-corrected chi connectivity index (χ4v) is 2.45. The largest absolute Gasteiger partial charge is 0.493 e. The number of anilines is 1. The molecule has 2 rings (SSSR count). The Hall–Kier alpha value is -3.21. The van der Waals surface area contributed by atoms with E-state index in [9.17, 15) is 4.79 Å². The van der Waals surface area contributed by atoms with Gasteiger partial charge in [0.1, 0.15) is 0 Å². The lowest BCUT2D eigenvalue weighted by Gasteiger charge is -2.12. The summed E-state index contributed by atoms with van der Waals surface area (Å²) in [7, 11) is 4.74. The number of hydrogen-bond donors (Lipinski definition) is 1. The standard InChI is InChI=1S/C21H23NO4/c1-5-7-20(23)22-17-9-6-8-15(12-17)10-11-16-13-18(24-2)21(26-4)19(14-16)25-3/h5-14H,1-4H3,(H,22,23)/b7-5+,11-10-. The molecule has 1 N–H and O–H groups in total.